The summed E-state index contributed by atoms with van der Waals surface area (Å²) in [5, 5.41) is 3.87. The normalized spacial score (nSPS) is 29.5. The maximum Gasteiger partial charge on any atom is 0.257 e. The van der Waals surface area contributed by atoms with E-state index in [4.69, 9.17) is 16.3 Å². The fourth-order valence-electron chi connectivity index (χ4n) is 4.81. The van der Waals surface area contributed by atoms with Gasteiger partial charge in [-0.1, -0.05) is 23.8 Å². The second-order valence-corrected chi connectivity index (χ2v) is 8.76. The van der Waals surface area contributed by atoms with Gasteiger partial charge in [0.2, 0.25) is 5.91 Å². The Bertz CT molecular complexity index is 840. The second kappa shape index (κ2) is 9.04. The highest BCUT2D eigenvalue weighted by Crippen LogP contribution is 2.39. The second-order valence-electron chi connectivity index (χ2n) is 8.36. The SMILES string of the molecule is C/C=C/CN1CC(c2cc(Cl)c(C(=O)N3CCOCC3)cn2)C2CC(C)NC2C1=O. The molecule has 0 radical (unpaired) electrons. The van der Waals surface area contributed by atoms with Crippen molar-refractivity contribution in [2.75, 3.05) is 39.4 Å². The minimum atomic E-state index is -0.195. The first-order valence-corrected chi connectivity index (χ1v) is 11.1. The van der Waals surface area contributed by atoms with Crippen molar-refractivity contribution in [1.29, 1.82) is 0 Å². The van der Waals surface area contributed by atoms with E-state index >= 15 is 0 Å². The Labute approximate surface area is 182 Å². The average Bonchev–Trinajstić information content (AvgIpc) is 3.15. The first-order chi connectivity index (χ1) is 14.5. The maximum absolute atomic E-state index is 12.9. The van der Waals surface area contributed by atoms with Crippen molar-refractivity contribution in [2.45, 2.75) is 38.3 Å². The lowest BCUT2D eigenvalue weighted by molar-refractivity contribution is -0.137. The van der Waals surface area contributed by atoms with Gasteiger partial charge >= 0.3 is 0 Å². The zero-order valence-electron chi connectivity index (χ0n) is 17.5. The lowest BCUT2D eigenvalue weighted by atomic mass is 9.79. The number of nitrogens with one attached hydrogen (secondary N) is 1. The van der Waals surface area contributed by atoms with Crippen molar-refractivity contribution in [3.8, 4) is 0 Å². The molecule has 0 saturated carbocycles. The summed E-state index contributed by atoms with van der Waals surface area (Å²) in [6, 6.07) is 1.91. The summed E-state index contributed by atoms with van der Waals surface area (Å²) in [5.74, 6) is 0.313. The van der Waals surface area contributed by atoms with Crippen LogP contribution in [0.4, 0.5) is 0 Å². The Hall–Kier alpha value is -1.96. The molecule has 3 aliphatic heterocycles. The van der Waals surface area contributed by atoms with Crippen LogP contribution >= 0.6 is 11.6 Å². The van der Waals surface area contributed by atoms with Gasteiger partial charge in [-0.3, -0.25) is 14.6 Å². The zero-order chi connectivity index (χ0) is 21.3. The summed E-state index contributed by atoms with van der Waals surface area (Å²) in [6.07, 6.45) is 6.48. The van der Waals surface area contributed by atoms with Crippen LogP contribution in [0.5, 0.6) is 0 Å². The van der Waals surface area contributed by atoms with Gasteiger partial charge in [0.15, 0.2) is 0 Å². The molecule has 4 atom stereocenters. The van der Waals surface area contributed by atoms with E-state index in [0.29, 0.717) is 50.0 Å². The van der Waals surface area contributed by atoms with Gasteiger partial charge in [-0.2, -0.15) is 0 Å². The standard InChI is InChI=1S/C22H29ClN4O3/c1-3-4-5-27-13-17(15-10-14(2)25-20(15)22(27)29)19-11-18(23)16(12-24-19)21(28)26-6-8-30-9-7-26/h3-4,11-12,14-15,17,20,25H,5-10,13H2,1-2H3/b4-3+. The number of hydrogen-bond donors (Lipinski definition) is 1. The van der Waals surface area contributed by atoms with Crippen molar-refractivity contribution < 1.29 is 14.3 Å². The summed E-state index contributed by atoms with van der Waals surface area (Å²) < 4.78 is 5.32. The van der Waals surface area contributed by atoms with Crippen molar-refractivity contribution in [3.63, 3.8) is 0 Å². The third-order valence-corrected chi connectivity index (χ3v) is 6.69. The smallest absolute Gasteiger partial charge is 0.257 e. The lowest BCUT2D eigenvalue weighted by Crippen LogP contribution is -2.54. The van der Waals surface area contributed by atoms with Crippen LogP contribution in [0, 0.1) is 5.92 Å². The fourth-order valence-corrected chi connectivity index (χ4v) is 5.05. The molecule has 3 saturated heterocycles. The number of rotatable bonds is 4. The number of carbonyl (C=O) groups is 2. The van der Waals surface area contributed by atoms with Gasteiger partial charge in [0, 0.05) is 50.0 Å². The van der Waals surface area contributed by atoms with Crippen LogP contribution in [-0.2, 0) is 9.53 Å². The molecule has 4 rings (SSSR count). The van der Waals surface area contributed by atoms with Crippen LogP contribution in [-0.4, -0.2) is 78.1 Å². The minimum Gasteiger partial charge on any atom is -0.378 e. The van der Waals surface area contributed by atoms with Gasteiger partial charge < -0.3 is 19.9 Å². The number of amides is 2. The van der Waals surface area contributed by atoms with E-state index in [1.165, 1.54) is 0 Å². The molecule has 162 valence electrons. The zero-order valence-corrected chi connectivity index (χ0v) is 18.3. The van der Waals surface area contributed by atoms with Crippen LogP contribution in [0.2, 0.25) is 5.02 Å². The average molecular weight is 433 g/mol. The van der Waals surface area contributed by atoms with E-state index in [1.54, 1.807) is 11.1 Å². The van der Waals surface area contributed by atoms with Crippen LogP contribution in [0.15, 0.2) is 24.4 Å². The number of halogens is 1. The molecule has 0 aliphatic carbocycles. The predicted octanol–water partition coefficient (Wildman–Crippen LogP) is 2.08. The number of fused-ring (bicyclic) bond motifs is 1. The quantitative estimate of drug-likeness (QED) is 0.737. The molecule has 8 heteroatoms. The summed E-state index contributed by atoms with van der Waals surface area (Å²) in [4.78, 5) is 34.1. The first kappa shape index (κ1) is 21.3. The highest BCUT2D eigenvalue weighted by atomic mass is 35.5. The number of aromatic nitrogens is 1. The monoisotopic (exact) mass is 432 g/mol. The molecule has 0 aromatic carbocycles. The third kappa shape index (κ3) is 4.11. The van der Waals surface area contributed by atoms with E-state index in [1.807, 2.05) is 30.0 Å². The lowest BCUT2D eigenvalue weighted by Gasteiger charge is -2.39. The molecule has 2 amide bonds. The molecular formula is C22H29ClN4O3. The molecule has 7 nitrogen and oxygen atoms in total. The number of pyridine rings is 1. The fraction of sp³-hybridized carbons (Fsp3) is 0.591. The molecule has 0 spiro atoms. The Morgan fingerprint density at radius 1 is 1.40 bits per heavy atom. The Morgan fingerprint density at radius 3 is 2.87 bits per heavy atom. The number of hydrogen-bond acceptors (Lipinski definition) is 5. The van der Waals surface area contributed by atoms with Crippen molar-refractivity contribution >= 4 is 23.4 Å². The molecular weight excluding hydrogens is 404 g/mol. The molecule has 30 heavy (non-hydrogen) atoms. The number of morpholine rings is 1. The van der Waals surface area contributed by atoms with Gasteiger partial charge in [0.05, 0.1) is 29.8 Å². The Kier molecular flexibility index (Phi) is 6.41. The van der Waals surface area contributed by atoms with Crippen molar-refractivity contribution in [3.05, 3.63) is 40.7 Å². The van der Waals surface area contributed by atoms with E-state index in [9.17, 15) is 9.59 Å². The molecule has 1 N–H and O–H groups in total. The number of carbonyl (C=O) groups excluding carboxylic acids is 2. The topological polar surface area (TPSA) is 74.8 Å². The number of nitrogens with zero attached hydrogens (tertiary/aromatic N) is 3. The van der Waals surface area contributed by atoms with Crippen molar-refractivity contribution in [1.82, 2.24) is 20.1 Å². The molecule has 4 heterocycles. The summed E-state index contributed by atoms with van der Waals surface area (Å²) in [7, 11) is 0. The Balaban J connectivity index is 1.59. The molecule has 1 aromatic rings. The maximum atomic E-state index is 12.9. The number of ether oxygens (including phenoxy) is 1. The van der Waals surface area contributed by atoms with E-state index in [-0.39, 0.29) is 35.7 Å². The predicted molar refractivity (Wildman–Crippen MR) is 115 cm³/mol. The van der Waals surface area contributed by atoms with Gasteiger partial charge in [-0.25, -0.2) is 0 Å². The van der Waals surface area contributed by atoms with E-state index in [2.05, 4.69) is 17.2 Å². The van der Waals surface area contributed by atoms with Crippen LogP contribution in [0.25, 0.3) is 0 Å². The largest absolute Gasteiger partial charge is 0.378 e. The van der Waals surface area contributed by atoms with Crippen LogP contribution in [0.1, 0.15) is 42.2 Å². The number of allylic oxidation sites excluding steroid dienone is 1. The molecule has 3 aliphatic rings. The van der Waals surface area contributed by atoms with Crippen LogP contribution in [0.3, 0.4) is 0 Å². The van der Waals surface area contributed by atoms with Gasteiger partial charge in [0.1, 0.15) is 0 Å². The third-order valence-electron chi connectivity index (χ3n) is 6.37. The molecule has 0 bridgehead atoms. The van der Waals surface area contributed by atoms with Gasteiger partial charge in [0.25, 0.3) is 5.91 Å². The number of piperidine rings is 1. The summed E-state index contributed by atoms with van der Waals surface area (Å²) in [5.41, 5.74) is 1.27. The first-order valence-electron chi connectivity index (χ1n) is 10.7. The number of likely N-dealkylation sites (tertiary alicyclic amines) is 1. The van der Waals surface area contributed by atoms with E-state index in [0.717, 1.165) is 12.1 Å². The minimum absolute atomic E-state index is 0.0837. The van der Waals surface area contributed by atoms with Gasteiger partial charge in [-0.05, 0) is 32.3 Å². The summed E-state index contributed by atoms with van der Waals surface area (Å²) in [6.45, 7) is 7.48. The highest BCUT2D eigenvalue weighted by Gasteiger charge is 2.47. The van der Waals surface area contributed by atoms with Crippen LogP contribution < -0.4 is 5.32 Å². The summed E-state index contributed by atoms with van der Waals surface area (Å²) >= 11 is 6.56. The van der Waals surface area contributed by atoms with Crippen molar-refractivity contribution in [2.24, 2.45) is 5.92 Å². The molecule has 1 aromatic heterocycles. The highest BCUT2D eigenvalue weighted by molar-refractivity contribution is 6.33. The van der Waals surface area contributed by atoms with E-state index < -0.39 is 0 Å². The molecule has 3 fully saturated rings. The molecule has 4 unspecified atom stereocenters. The Morgan fingerprint density at radius 2 is 2.17 bits per heavy atom. The van der Waals surface area contributed by atoms with Gasteiger partial charge in [-0.15, -0.1) is 0 Å².